The van der Waals surface area contributed by atoms with E-state index in [0.717, 1.165) is 36.3 Å². The number of aromatic hydroxyl groups is 1. The summed E-state index contributed by atoms with van der Waals surface area (Å²) in [6.07, 6.45) is 3.67. The van der Waals surface area contributed by atoms with Gasteiger partial charge in [-0.25, -0.2) is 0 Å². The van der Waals surface area contributed by atoms with Crippen molar-refractivity contribution >= 4 is 58.0 Å². The second-order valence-electron chi connectivity index (χ2n) is 7.97. The van der Waals surface area contributed by atoms with E-state index >= 15 is 0 Å². The van der Waals surface area contributed by atoms with Crippen molar-refractivity contribution in [2.45, 2.75) is 37.8 Å². The molecule has 2 atom stereocenters. The van der Waals surface area contributed by atoms with Crippen LogP contribution >= 0.6 is 29.4 Å². The van der Waals surface area contributed by atoms with Crippen molar-refractivity contribution in [1.82, 2.24) is 5.09 Å². The molecule has 3 aromatic carbocycles. The maximum absolute atomic E-state index is 10.3. The lowest BCUT2D eigenvalue weighted by atomic mass is 9.91. The fraction of sp³-hybridized carbons (Fsp3) is 0.240. The van der Waals surface area contributed by atoms with Crippen molar-refractivity contribution in [1.29, 1.82) is 0 Å². The van der Waals surface area contributed by atoms with E-state index in [0.29, 0.717) is 10.6 Å². The van der Waals surface area contributed by atoms with Gasteiger partial charge < -0.3 is 5.11 Å². The first-order valence-corrected chi connectivity index (χ1v) is 14.2. The topological polar surface area (TPSA) is 44.6 Å². The molecule has 0 aliphatic heterocycles. The van der Waals surface area contributed by atoms with Crippen molar-refractivity contribution < 1.29 is 5.11 Å². The molecular formula is C25H25Cl2N2OPS. The van der Waals surface area contributed by atoms with Gasteiger partial charge in [-0.2, -0.15) is 0 Å². The lowest BCUT2D eigenvalue weighted by Crippen LogP contribution is -2.43. The van der Waals surface area contributed by atoms with Gasteiger partial charge in [0.1, 0.15) is 5.75 Å². The maximum atomic E-state index is 10.3. The minimum atomic E-state index is -2.23. The van der Waals surface area contributed by atoms with Crippen molar-refractivity contribution in [2.75, 3.05) is 0 Å². The Kier molecular flexibility index (Phi) is 7.70. The van der Waals surface area contributed by atoms with Crippen LogP contribution in [-0.2, 0) is 11.8 Å². The molecular weight excluding hydrogens is 478 g/mol. The summed E-state index contributed by atoms with van der Waals surface area (Å²) < 4.78 is 0. The van der Waals surface area contributed by atoms with E-state index in [4.69, 9.17) is 40.0 Å². The molecule has 0 spiro atoms. The van der Waals surface area contributed by atoms with Crippen LogP contribution in [0.1, 0.15) is 31.2 Å². The number of hydrogen-bond donors (Lipinski definition) is 2. The number of benzene rings is 3. The predicted molar refractivity (Wildman–Crippen MR) is 141 cm³/mol. The first-order chi connectivity index (χ1) is 15.5. The highest BCUT2D eigenvalue weighted by atomic mass is 35.5. The molecule has 7 heteroatoms. The van der Waals surface area contributed by atoms with Crippen LogP contribution in [-0.4, -0.2) is 23.4 Å². The molecule has 0 heterocycles. The highest BCUT2D eigenvalue weighted by Crippen LogP contribution is 2.42. The Morgan fingerprint density at radius 1 is 0.938 bits per heavy atom. The third-order valence-corrected chi connectivity index (χ3v) is 10.6. The van der Waals surface area contributed by atoms with Gasteiger partial charge in [0.2, 0.25) is 0 Å². The normalized spacial score (nSPS) is 19.3. The van der Waals surface area contributed by atoms with E-state index < -0.39 is 6.19 Å². The molecule has 3 aromatic rings. The van der Waals surface area contributed by atoms with Crippen LogP contribution in [0.15, 0.2) is 77.8 Å². The van der Waals surface area contributed by atoms with Gasteiger partial charge in [0.15, 0.2) is 0 Å². The largest absolute Gasteiger partial charge is 0.506 e. The number of rotatable bonds is 6. The minimum absolute atomic E-state index is 0.00109. The Hall–Kier alpha value is -1.68. The predicted octanol–water partition coefficient (Wildman–Crippen LogP) is 6.06. The molecule has 2 N–H and O–H groups in total. The van der Waals surface area contributed by atoms with Crippen molar-refractivity contribution in [3.8, 4) is 5.75 Å². The van der Waals surface area contributed by atoms with Gasteiger partial charge in [-0.1, -0.05) is 109 Å². The number of aliphatic imine (C=N–C) groups is 1. The molecule has 1 aliphatic carbocycles. The summed E-state index contributed by atoms with van der Waals surface area (Å²) >= 11 is 18.6. The quantitative estimate of drug-likeness (QED) is 0.317. The fourth-order valence-corrected chi connectivity index (χ4v) is 8.30. The average Bonchev–Trinajstić information content (AvgIpc) is 2.82. The zero-order valence-electron chi connectivity index (χ0n) is 17.5. The standard InChI is InChI=1S/C25H25Cl2N2OPS/c26-19-15-18(25(30)22(27)16-19)17-28-23-13-7-8-14-24(23)29-31(32,20-9-3-1-4-10-20)21-11-5-2-6-12-21/h1-6,9-12,15-17,23-24,30H,7-8,13-14H2,(H,29,32)/t23-,24-/m1/s1. The number of nitrogens with one attached hydrogen (secondary N) is 1. The smallest absolute Gasteiger partial charge is 0.143 e. The number of hydrogen-bond acceptors (Lipinski definition) is 3. The van der Waals surface area contributed by atoms with Crippen LogP contribution in [0.5, 0.6) is 5.75 Å². The third-order valence-electron chi connectivity index (χ3n) is 5.78. The highest BCUT2D eigenvalue weighted by Gasteiger charge is 2.31. The van der Waals surface area contributed by atoms with Gasteiger partial charge in [-0.3, -0.25) is 10.1 Å². The lowest BCUT2D eigenvalue weighted by molar-refractivity contribution is 0.370. The van der Waals surface area contributed by atoms with Gasteiger partial charge in [-0.05, 0) is 25.0 Å². The third kappa shape index (κ3) is 5.27. The molecule has 0 amide bonds. The minimum Gasteiger partial charge on any atom is -0.506 e. The summed E-state index contributed by atoms with van der Waals surface area (Å²) in [5.41, 5.74) is 0.525. The van der Waals surface area contributed by atoms with Crippen LogP contribution in [0.4, 0.5) is 0 Å². The van der Waals surface area contributed by atoms with Gasteiger partial charge in [-0.15, -0.1) is 0 Å². The van der Waals surface area contributed by atoms with Crippen molar-refractivity contribution in [3.05, 3.63) is 88.4 Å². The van der Waals surface area contributed by atoms with Crippen LogP contribution < -0.4 is 15.7 Å². The zero-order chi connectivity index (χ0) is 22.6. The number of phenols is 1. The van der Waals surface area contributed by atoms with Gasteiger partial charge >= 0.3 is 0 Å². The summed E-state index contributed by atoms with van der Waals surface area (Å²) in [6.45, 7) is 0. The van der Waals surface area contributed by atoms with Crippen LogP contribution in [0.3, 0.4) is 0 Å². The number of halogens is 2. The van der Waals surface area contributed by atoms with Crippen LogP contribution in [0.25, 0.3) is 0 Å². The Morgan fingerprint density at radius 2 is 1.53 bits per heavy atom. The molecule has 0 radical (unpaired) electrons. The first-order valence-electron chi connectivity index (χ1n) is 10.7. The average molecular weight is 503 g/mol. The maximum Gasteiger partial charge on any atom is 0.143 e. The fourth-order valence-electron chi connectivity index (χ4n) is 4.11. The summed E-state index contributed by atoms with van der Waals surface area (Å²) in [6, 6.07) is 24.1. The number of nitrogens with zero attached hydrogens (tertiary/aromatic N) is 1. The molecule has 0 saturated heterocycles. The molecule has 1 aliphatic rings. The van der Waals surface area contributed by atoms with Gasteiger partial charge in [0, 0.05) is 33.5 Å². The Balaban J connectivity index is 1.65. The Labute approximate surface area is 204 Å². The zero-order valence-corrected chi connectivity index (χ0v) is 20.7. The molecule has 0 aromatic heterocycles. The van der Waals surface area contributed by atoms with Crippen molar-refractivity contribution in [2.24, 2.45) is 4.99 Å². The summed E-state index contributed by atoms with van der Waals surface area (Å²) in [5, 5.41) is 17.2. The molecule has 32 heavy (non-hydrogen) atoms. The SMILES string of the molecule is Oc1c(Cl)cc(Cl)cc1C=N[C@@H]1CCCC[C@H]1NP(=S)(c1ccccc1)c1ccccc1. The number of phenolic OH excluding ortho intramolecular Hbond substituents is 1. The monoisotopic (exact) mass is 502 g/mol. The summed E-state index contributed by atoms with van der Waals surface area (Å²) in [7, 11) is 0. The van der Waals surface area contributed by atoms with E-state index in [2.05, 4.69) is 29.4 Å². The molecule has 0 bridgehead atoms. The highest BCUT2D eigenvalue weighted by molar-refractivity contribution is 8.20. The van der Waals surface area contributed by atoms with E-state index in [-0.39, 0.29) is 22.9 Å². The Bertz CT molecular complexity index is 1100. The summed E-state index contributed by atoms with van der Waals surface area (Å²) in [4.78, 5) is 4.86. The Morgan fingerprint density at radius 3 is 2.16 bits per heavy atom. The van der Waals surface area contributed by atoms with Gasteiger partial charge in [0.05, 0.1) is 17.3 Å². The molecule has 1 fully saturated rings. The van der Waals surface area contributed by atoms with E-state index in [9.17, 15) is 5.11 Å². The second kappa shape index (κ2) is 10.5. The molecule has 0 unspecified atom stereocenters. The second-order valence-corrected chi connectivity index (χ2v) is 13.0. The van der Waals surface area contributed by atoms with E-state index in [1.807, 2.05) is 36.4 Å². The van der Waals surface area contributed by atoms with Gasteiger partial charge in [0.25, 0.3) is 0 Å². The van der Waals surface area contributed by atoms with Crippen LogP contribution in [0, 0.1) is 0 Å². The first kappa shape index (κ1) is 23.5. The van der Waals surface area contributed by atoms with E-state index in [1.165, 1.54) is 6.07 Å². The molecule has 4 rings (SSSR count). The van der Waals surface area contributed by atoms with E-state index in [1.54, 1.807) is 12.3 Å². The summed E-state index contributed by atoms with van der Waals surface area (Å²) in [5.74, 6) is -0.00109. The van der Waals surface area contributed by atoms with Crippen molar-refractivity contribution in [3.63, 3.8) is 0 Å². The molecule has 3 nitrogen and oxygen atoms in total. The van der Waals surface area contributed by atoms with Crippen LogP contribution in [0.2, 0.25) is 10.0 Å². The molecule has 1 saturated carbocycles. The lowest BCUT2D eigenvalue weighted by Gasteiger charge is -2.35. The molecule has 166 valence electrons.